The molecule has 29 heavy (non-hydrogen) atoms. The number of carbonyl (C=O) groups excluding carboxylic acids is 2. The predicted octanol–water partition coefficient (Wildman–Crippen LogP) is 1.41. The van der Waals surface area contributed by atoms with Crippen LogP contribution in [0.4, 0.5) is 0 Å². The van der Waals surface area contributed by atoms with E-state index in [9.17, 15) is 19.8 Å². The van der Waals surface area contributed by atoms with Crippen LogP contribution in [0.5, 0.6) is 0 Å². The SMILES string of the molecule is CC(C)CC(C)(C)C(O)OCCOC(=O)CCC(O)N(N)CCOC(=O)C(C)C. The van der Waals surface area contributed by atoms with Gasteiger partial charge in [-0.2, -0.15) is 0 Å². The third kappa shape index (κ3) is 12.8. The topological polar surface area (TPSA) is 132 Å². The highest BCUT2D eigenvalue weighted by Crippen LogP contribution is 2.29. The molecule has 0 fully saturated rings. The number of nitrogens with zero attached hydrogens (tertiary/aromatic N) is 1. The number of aliphatic hydroxyl groups excluding tert-OH is 2. The standard InChI is InChI=1S/C20H40N2O7/c1-14(2)13-20(5,6)19(26)29-12-11-27-17(24)8-7-16(23)22(21)9-10-28-18(25)15(3)4/h14-16,19,23,26H,7-13,21H2,1-6H3. The number of rotatable bonds is 15. The molecule has 172 valence electrons. The first-order valence-electron chi connectivity index (χ1n) is 10.2. The Hall–Kier alpha value is -1.26. The Labute approximate surface area is 174 Å². The van der Waals surface area contributed by atoms with Gasteiger partial charge in [0.15, 0.2) is 6.29 Å². The van der Waals surface area contributed by atoms with Gasteiger partial charge in [-0.1, -0.05) is 41.5 Å². The molecular formula is C20H40N2O7. The Morgan fingerprint density at radius 3 is 2.21 bits per heavy atom. The predicted molar refractivity (Wildman–Crippen MR) is 108 cm³/mol. The van der Waals surface area contributed by atoms with Gasteiger partial charge in [-0.15, -0.1) is 0 Å². The quantitative estimate of drug-likeness (QED) is 0.118. The molecule has 0 bridgehead atoms. The van der Waals surface area contributed by atoms with Crippen LogP contribution in [0.2, 0.25) is 0 Å². The zero-order valence-corrected chi connectivity index (χ0v) is 18.7. The summed E-state index contributed by atoms with van der Waals surface area (Å²) in [5.41, 5.74) is -0.392. The third-order valence-corrected chi connectivity index (χ3v) is 4.28. The summed E-state index contributed by atoms with van der Waals surface area (Å²) in [6.07, 6.45) is -1.14. The number of hydrogen-bond acceptors (Lipinski definition) is 9. The summed E-state index contributed by atoms with van der Waals surface area (Å²) in [4.78, 5) is 23.1. The number of esters is 2. The van der Waals surface area contributed by atoms with Crippen molar-refractivity contribution in [2.75, 3.05) is 26.4 Å². The molecule has 4 N–H and O–H groups in total. The van der Waals surface area contributed by atoms with Gasteiger partial charge in [-0.25, -0.2) is 5.01 Å². The zero-order chi connectivity index (χ0) is 22.6. The Morgan fingerprint density at radius 2 is 1.66 bits per heavy atom. The number of nitrogens with two attached hydrogens (primary N) is 1. The number of ether oxygens (including phenoxy) is 3. The maximum Gasteiger partial charge on any atom is 0.308 e. The molecule has 0 spiro atoms. The molecule has 9 heteroatoms. The molecule has 9 nitrogen and oxygen atoms in total. The van der Waals surface area contributed by atoms with Crippen molar-refractivity contribution in [2.45, 2.75) is 73.3 Å². The molecule has 2 atom stereocenters. The van der Waals surface area contributed by atoms with Crippen molar-refractivity contribution < 1.29 is 34.0 Å². The van der Waals surface area contributed by atoms with Crippen LogP contribution in [0.1, 0.15) is 60.8 Å². The van der Waals surface area contributed by atoms with Gasteiger partial charge in [0, 0.05) is 18.4 Å². The van der Waals surface area contributed by atoms with E-state index in [0.717, 1.165) is 11.4 Å². The summed E-state index contributed by atoms with van der Waals surface area (Å²) in [6, 6.07) is 0. The van der Waals surface area contributed by atoms with E-state index in [1.165, 1.54) is 0 Å². The molecule has 0 aliphatic heterocycles. The Balaban J connectivity index is 3.96. The largest absolute Gasteiger partial charge is 0.464 e. The lowest BCUT2D eigenvalue weighted by molar-refractivity contribution is -0.179. The first kappa shape index (κ1) is 27.7. The van der Waals surface area contributed by atoms with Crippen LogP contribution in [-0.4, -0.2) is 66.0 Å². The van der Waals surface area contributed by atoms with E-state index >= 15 is 0 Å². The Kier molecular flexibility index (Phi) is 13.3. The zero-order valence-electron chi connectivity index (χ0n) is 18.7. The molecule has 0 amide bonds. The molecule has 0 aliphatic rings. The van der Waals surface area contributed by atoms with Crippen LogP contribution in [-0.2, 0) is 23.8 Å². The molecule has 0 heterocycles. The molecule has 0 saturated carbocycles. The van der Waals surface area contributed by atoms with Crippen LogP contribution in [0.25, 0.3) is 0 Å². The summed E-state index contributed by atoms with van der Waals surface area (Å²) in [6.45, 7) is 11.7. The van der Waals surface area contributed by atoms with Crippen molar-refractivity contribution >= 4 is 11.9 Å². The minimum absolute atomic E-state index is 0.0151. The maximum absolute atomic E-state index is 11.8. The molecule has 0 saturated heterocycles. The van der Waals surface area contributed by atoms with Crippen LogP contribution in [0.3, 0.4) is 0 Å². The van der Waals surface area contributed by atoms with E-state index in [-0.39, 0.29) is 51.1 Å². The van der Waals surface area contributed by atoms with Gasteiger partial charge in [-0.05, 0) is 18.8 Å². The van der Waals surface area contributed by atoms with Crippen molar-refractivity contribution in [2.24, 2.45) is 23.1 Å². The van der Waals surface area contributed by atoms with Crippen molar-refractivity contribution in [3.63, 3.8) is 0 Å². The smallest absolute Gasteiger partial charge is 0.308 e. The van der Waals surface area contributed by atoms with Gasteiger partial charge < -0.3 is 24.4 Å². The Morgan fingerprint density at radius 1 is 1.03 bits per heavy atom. The van der Waals surface area contributed by atoms with Crippen LogP contribution >= 0.6 is 0 Å². The second kappa shape index (κ2) is 13.9. The van der Waals surface area contributed by atoms with E-state index in [0.29, 0.717) is 5.92 Å². The highest BCUT2D eigenvalue weighted by molar-refractivity contribution is 5.71. The Bertz CT molecular complexity index is 483. The maximum atomic E-state index is 11.8. The average Bonchev–Trinajstić information content (AvgIpc) is 2.61. The third-order valence-electron chi connectivity index (χ3n) is 4.28. The lowest BCUT2D eigenvalue weighted by atomic mass is 9.83. The monoisotopic (exact) mass is 420 g/mol. The number of carbonyl (C=O) groups is 2. The van der Waals surface area contributed by atoms with E-state index < -0.39 is 23.9 Å². The highest BCUT2D eigenvalue weighted by Gasteiger charge is 2.29. The van der Waals surface area contributed by atoms with Gasteiger partial charge in [0.05, 0.1) is 12.5 Å². The number of aliphatic hydroxyl groups is 2. The van der Waals surface area contributed by atoms with Gasteiger partial charge in [-0.3, -0.25) is 15.4 Å². The normalized spacial score (nSPS) is 14.3. The summed E-state index contributed by atoms with van der Waals surface area (Å²) in [7, 11) is 0. The number of hydrazine groups is 1. The lowest BCUT2D eigenvalue weighted by Gasteiger charge is -2.31. The summed E-state index contributed by atoms with van der Waals surface area (Å²) >= 11 is 0. The second-order valence-electron chi connectivity index (χ2n) is 8.61. The fourth-order valence-electron chi connectivity index (χ4n) is 2.75. The number of hydrogen-bond donors (Lipinski definition) is 3. The molecule has 0 aromatic carbocycles. The molecule has 2 unspecified atom stereocenters. The molecule has 0 rings (SSSR count). The van der Waals surface area contributed by atoms with Crippen LogP contribution in [0.15, 0.2) is 0 Å². The van der Waals surface area contributed by atoms with Gasteiger partial charge in [0.25, 0.3) is 0 Å². The van der Waals surface area contributed by atoms with Gasteiger partial charge in [0.1, 0.15) is 19.4 Å². The van der Waals surface area contributed by atoms with Gasteiger partial charge in [0.2, 0.25) is 0 Å². The van der Waals surface area contributed by atoms with E-state index in [1.54, 1.807) is 13.8 Å². The lowest BCUT2D eigenvalue weighted by Crippen LogP contribution is -2.43. The van der Waals surface area contributed by atoms with Crippen LogP contribution in [0, 0.1) is 17.3 Å². The fraction of sp³-hybridized carbons (Fsp3) is 0.900. The van der Waals surface area contributed by atoms with E-state index in [2.05, 4.69) is 13.8 Å². The van der Waals surface area contributed by atoms with Gasteiger partial charge >= 0.3 is 11.9 Å². The van der Waals surface area contributed by atoms with Crippen molar-refractivity contribution in [1.82, 2.24) is 5.01 Å². The molecule has 0 aliphatic carbocycles. The molecule has 0 aromatic rings. The van der Waals surface area contributed by atoms with E-state index in [1.807, 2.05) is 13.8 Å². The van der Waals surface area contributed by atoms with Crippen molar-refractivity contribution in [3.8, 4) is 0 Å². The van der Waals surface area contributed by atoms with Crippen molar-refractivity contribution in [1.29, 1.82) is 0 Å². The average molecular weight is 421 g/mol. The molecule has 0 aromatic heterocycles. The molecule has 0 radical (unpaired) electrons. The van der Waals surface area contributed by atoms with Crippen molar-refractivity contribution in [3.05, 3.63) is 0 Å². The second-order valence-corrected chi connectivity index (χ2v) is 8.61. The fourth-order valence-corrected chi connectivity index (χ4v) is 2.75. The first-order chi connectivity index (χ1) is 13.4. The summed E-state index contributed by atoms with van der Waals surface area (Å²) in [5.74, 6) is 5.05. The van der Waals surface area contributed by atoms with Crippen LogP contribution < -0.4 is 5.84 Å². The summed E-state index contributed by atoms with van der Waals surface area (Å²) < 4.78 is 15.4. The highest BCUT2D eigenvalue weighted by atomic mass is 16.6. The van der Waals surface area contributed by atoms with E-state index in [4.69, 9.17) is 20.1 Å². The first-order valence-corrected chi connectivity index (χ1v) is 10.2. The summed E-state index contributed by atoms with van der Waals surface area (Å²) in [5, 5.41) is 21.2. The minimum Gasteiger partial charge on any atom is -0.464 e. The molecular weight excluding hydrogens is 380 g/mol. The minimum atomic E-state index is -1.06.